The molecule has 0 radical (unpaired) electrons. The average molecular weight is 347 g/mol. The molecule has 0 spiro atoms. The predicted octanol–water partition coefficient (Wildman–Crippen LogP) is 4.21. The molecule has 0 aromatic carbocycles. The number of nitrogens with zero attached hydrogens (tertiary/aromatic N) is 4. The zero-order chi connectivity index (χ0) is 17.1. The summed E-state index contributed by atoms with van der Waals surface area (Å²) in [5.74, 6) is 0.818. The number of thiazole rings is 1. The zero-order valence-electron chi connectivity index (χ0n) is 14.5. The highest BCUT2D eigenvalue weighted by Crippen LogP contribution is 2.30. The fraction of sp³-hybridized carbons (Fsp3) is 0.588. The van der Waals surface area contributed by atoms with Gasteiger partial charge in [-0.05, 0) is 32.6 Å². The molecule has 1 aliphatic carbocycles. The van der Waals surface area contributed by atoms with Crippen LogP contribution in [0.2, 0.25) is 0 Å². The molecule has 0 unspecified atom stereocenters. The molecule has 0 saturated heterocycles. The zero-order valence-corrected chi connectivity index (χ0v) is 15.3. The molecule has 1 N–H and O–H groups in total. The summed E-state index contributed by atoms with van der Waals surface area (Å²) in [6, 6.07) is 0.588. The third-order valence-electron chi connectivity index (χ3n) is 4.53. The van der Waals surface area contributed by atoms with Gasteiger partial charge in [0.05, 0.1) is 18.8 Å². The minimum atomic E-state index is -0.0523. The number of nitrogens with one attached hydrogen (secondary N) is 1. The van der Waals surface area contributed by atoms with Crippen molar-refractivity contribution in [3.63, 3.8) is 0 Å². The molecule has 7 heteroatoms. The van der Waals surface area contributed by atoms with Gasteiger partial charge in [-0.15, -0.1) is 11.3 Å². The Kier molecular flexibility index (Phi) is 5.18. The molecule has 24 heavy (non-hydrogen) atoms. The summed E-state index contributed by atoms with van der Waals surface area (Å²) in [6.07, 6.45) is 7.75. The molecule has 6 nitrogen and oxygen atoms in total. The van der Waals surface area contributed by atoms with Gasteiger partial charge in [-0.1, -0.05) is 13.8 Å². The van der Waals surface area contributed by atoms with Crippen LogP contribution >= 0.6 is 11.3 Å². The molecule has 2 heterocycles. The number of carbonyl (C=O) groups excluding carboxylic acids is 1. The Hall–Kier alpha value is -1.89. The summed E-state index contributed by atoms with van der Waals surface area (Å²) < 4.78 is 1.96. The summed E-state index contributed by atoms with van der Waals surface area (Å²) in [6.45, 7) is 6.86. The maximum Gasteiger partial charge on any atom is 0.323 e. The van der Waals surface area contributed by atoms with Crippen molar-refractivity contribution in [1.82, 2.24) is 19.7 Å². The van der Waals surface area contributed by atoms with Crippen molar-refractivity contribution < 1.29 is 4.79 Å². The van der Waals surface area contributed by atoms with Crippen LogP contribution in [0.15, 0.2) is 17.8 Å². The highest BCUT2D eigenvalue weighted by molar-refractivity contribution is 7.09. The Morgan fingerprint density at radius 1 is 1.46 bits per heavy atom. The minimum absolute atomic E-state index is 0.0523. The Balaban J connectivity index is 1.76. The van der Waals surface area contributed by atoms with Crippen molar-refractivity contribution in [3.05, 3.63) is 28.3 Å². The first-order valence-electron chi connectivity index (χ1n) is 8.64. The first kappa shape index (κ1) is 17.0. The van der Waals surface area contributed by atoms with Crippen molar-refractivity contribution in [1.29, 1.82) is 0 Å². The highest BCUT2D eigenvalue weighted by atomic mass is 32.1. The van der Waals surface area contributed by atoms with Gasteiger partial charge in [-0.2, -0.15) is 5.10 Å². The van der Waals surface area contributed by atoms with Gasteiger partial charge in [-0.3, -0.25) is 5.32 Å². The summed E-state index contributed by atoms with van der Waals surface area (Å²) in [5, 5.41) is 10.5. The number of urea groups is 1. The van der Waals surface area contributed by atoms with Crippen LogP contribution < -0.4 is 5.32 Å². The van der Waals surface area contributed by atoms with E-state index in [1.165, 1.54) is 0 Å². The molecular formula is C17H25N5OS. The topological polar surface area (TPSA) is 63.1 Å². The average Bonchev–Trinajstić information content (AvgIpc) is 3.18. The van der Waals surface area contributed by atoms with Gasteiger partial charge < -0.3 is 4.90 Å². The summed E-state index contributed by atoms with van der Waals surface area (Å²) in [5.41, 5.74) is 1.00. The standard InChI is InChI=1S/C17H25N5OS/c1-4-13(5-2)22-16(12(3)10-19-22)20-17(23)21(14-6-7-14)11-15-18-8-9-24-15/h8-10,13-14H,4-7,11H2,1-3H3,(H,20,23). The number of hydrogen-bond acceptors (Lipinski definition) is 4. The summed E-state index contributed by atoms with van der Waals surface area (Å²) >= 11 is 1.59. The van der Waals surface area contributed by atoms with Crippen LogP contribution in [0.25, 0.3) is 0 Å². The number of aromatic nitrogens is 3. The lowest BCUT2D eigenvalue weighted by Crippen LogP contribution is -2.37. The van der Waals surface area contributed by atoms with E-state index in [1.807, 2.05) is 28.1 Å². The normalized spacial score (nSPS) is 14.2. The molecule has 1 saturated carbocycles. The molecule has 0 bridgehead atoms. The number of hydrogen-bond donors (Lipinski definition) is 1. The van der Waals surface area contributed by atoms with Crippen LogP contribution in [0.1, 0.15) is 56.1 Å². The summed E-state index contributed by atoms with van der Waals surface area (Å²) in [4.78, 5) is 19.1. The molecule has 0 aliphatic heterocycles. The van der Waals surface area contributed by atoms with Crippen LogP contribution in [0.3, 0.4) is 0 Å². The van der Waals surface area contributed by atoms with Gasteiger partial charge in [0.1, 0.15) is 10.8 Å². The van der Waals surface area contributed by atoms with E-state index >= 15 is 0 Å². The molecule has 130 valence electrons. The molecule has 2 aromatic heterocycles. The van der Waals surface area contributed by atoms with E-state index in [9.17, 15) is 4.79 Å². The van der Waals surface area contributed by atoms with E-state index in [0.29, 0.717) is 18.6 Å². The molecular weight excluding hydrogens is 322 g/mol. The van der Waals surface area contributed by atoms with Gasteiger partial charge in [0.25, 0.3) is 0 Å². The van der Waals surface area contributed by atoms with Crippen LogP contribution in [-0.4, -0.2) is 31.7 Å². The third-order valence-corrected chi connectivity index (χ3v) is 5.29. The van der Waals surface area contributed by atoms with E-state index < -0.39 is 0 Å². The first-order chi connectivity index (χ1) is 11.6. The molecule has 3 rings (SSSR count). The number of anilines is 1. The van der Waals surface area contributed by atoms with Gasteiger partial charge in [-0.25, -0.2) is 14.5 Å². The Morgan fingerprint density at radius 2 is 2.21 bits per heavy atom. The smallest absolute Gasteiger partial charge is 0.315 e. The second kappa shape index (κ2) is 7.34. The minimum Gasteiger partial charge on any atom is -0.315 e. The number of carbonyl (C=O) groups is 1. The van der Waals surface area contributed by atoms with E-state index in [1.54, 1.807) is 17.5 Å². The van der Waals surface area contributed by atoms with Gasteiger partial charge in [0, 0.05) is 23.2 Å². The maximum absolute atomic E-state index is 12.9. The fourth-order valence-electron chi connectivity index (χ4n) is 2.92. The van der Waals surface area contributed by atoms with Gasteiger partial charge >= 0.3 is 6.03 Å². The largest absolute Gasteiger partial charge is 0.323 e. The second-order valence-corrected chi connectivity index (χ2v) is 7.29. The van der Waals surface area contributed by atoms with Gasteiger partial charge in [0.15, 0.2) is 0 Å². The predicted molar refractivity (Wildman–Crippen MR) is 96.3 cm³/mol. The Morgan fingerprint density at radius 3 is 2.79 bits per heavy atom. The van der Waals surface area contributed by atoms with Crippen molar-refractivity contribution in [2.45, 2.75) is 65.1 Å². The Bertz CT molecular complexity index is 673. The lowest BCUT2D eigenvalue weighted by Gasteiger charge is -2.24. The molecule has 1 aliphatic rings. The van der Waals surface area contributed by atoms with Crippen LogP contribution in [0.5, 0.6) is 0 Å². The van der Waals surface area contributed by atoms with Gasteiger partial charge in [0.2, 0.25) is 0 Å². The van der Waals surface area contributed by atoms with Crippen LogP contribution in [0, 0.1) is 6.92 Å². The van der Waals surface area contributed by atoms with Crippen molar-refractivity contribution in [3.8, 4) is 0 Å². The molecule has 1 fully saturated rings. The quantitative estimate of drug-likeness (QED) is 0.816. The number of aryl methyl sites for hydroxylation is 1. The van der Waals surface area contributed by atoms with Crippen LogP contribution in [-0.2, 0) is 6.54 Å². The lowest BCUT2D eigenvalue weighted by molar-refractivity contribution is 0.205. The van der Waals surface area contributed by atoms with Crippen molar-refractivity contribution >= 4 is 23.2 Å². The van der Waals surface area contributed by atoms with Crippen LogP contribution in [0.4, 0.5) is 10.6 Å². The van der Waals surface area contributed by atoms with E-state index in [0.717, 1.165) is 42.1 Å². The molecule has 2 aromatic rings. The summed E-state index contributed by atoms with van der Waals surface area (Å²) in [7, 11) is 0. The molecule has 2 amide bonds. The highest BCUT2D eigenvalue weighted by Gasteiger charge is 2.33. The third kappa shape index (κ3) is 3.61. The van der Waals surface area contributed by atoms with E-state index in [4.69, 9.17) is 0 Å². The fourth-order valence-corrected chi connectivity index (χ4v) is 3.53. The number of rotatable bonds is 7. The first-order valence-corrected chi connectivity index (χ1v) is 9.52. The number of amides is 2. The van der Waals surface area contributed by atoms with Crippen molar-refractivity contribution in [2.75, 3.05) is 5.32 Å². The maximum atomic E-state index is 12.9. The second-order valence-electron chi connectivity index (χ2n) is 6.31. The lowest BCUT2D eigenvalue weighted by atomic mass is 10.2. The molecule has 0 atom stereocenters. The monoisotopic (exact) mass is 347 g/mol. The van der Waals surface area contributed by atoms with E-state index in [2.05, 4.69) is 29.2 Å². The SMILES string of the molecule is CCC(CC)n1ncc(C)c1NC(=O)N(Cc1nccs1)C1CC1. The Labute approximate surface area is 146 Å². The van der Waals surface area contributed by atoms with E-state index in [-0.39, 0.29) is 6.03 Å². The van der Waals surface area contributed by atoms with Crippen molar-refractivity contribution in [2.24, 2.45) is 0 Å².